The molecule has 10 aromatic rings. The monoisotopic (exact) mass is 604 g/mol. The summed E-state index contributed by atoms with van der Waals surface area (Å²) >= 11 is 0. The van der Waals surface area contributed by atoms with Gasteiger partial charge in [-0.2, -0.15) is 0 Å². The maximum absolute atomic E-state index is 2.49. The second-order valence-corrected chi connectivity index (χ2v) is 13.1. The summed E-state index contributed by atoms with van der Waals surface area (Å²) < 4.78 is 0. The molecule has 0 aromatic heterocycles. The van der Waals surface area contributed by atoms with Crippen molar-refractivity contribution in [3.05, 3.63) is 170 Å². The highest BCUT2D eigenvalue weighted by Crippen LogP contribution is 2.58. The first-order chi connectivity index (χ1) is 23.8. The third-order valence-corrected chi connectivity index (χ3v) is 10.7. The first-order valence-electron chi connectivity index (χ1n) is 16.8. The third-order valence-electron chi connectivity index (χ3n) is 10.7. The van der Waals surface area contributed by atoms with E-state index in [4.69, 9.17) is 0 Å². The van der Waals surface area contributed by atoms with Gasteiger partial charge in [0.2, 0.25) is 0 Å². The van der Waals surface area contributed by atoms with Crippen LogP contribution in [0.1, 0.15) is 0 Å². The fourth-order valence-electron chi connectivity index (χ4n) is 8.81. The number of hydrogen-bond acceptors (Lipinski definition) is 0. The van der Waals surface area contributed by atoms with E-state index in [0.717, 1.165) is 0 Å². The predicted molar refractivity (Wildman–Crippen MR) is 207 cm³/mol. The SMILES string of the molecule is c1ccc(-c2c3c(c(-c4ccccc4)c4ccccc24)-c2cc4cc5c6ccccc6c6ccccc6c5cc4c4cccc-3c24)cc1. The number of hydrogen-bond donors (Lipinski definition) is 0. The Kier molecular flexibility index (Phi) is 5.20. The van der Waals surface area contributed by atoms with Gasteiger partial charge in [-0.15, -0.1) is 0 Å². The first kappa shape index (κ1) is 25.9. The third kappa shape index (κ3) is 3.39. The van der Waals surface area contributed by atoms with Crippen LogP contribution in [0.15, 0.2) is 170 Å². The Bertz CT molecular complexity index is 2970. The largest absolute Gasteiger partial charge is 0.0622 e. The van der Waals surface area contributed by atoms with Gasteiger partial charge < -0.3 is 0 Å². The van der Waals surface area contributed by atoms with Crippen LogP contribution >= 0.6 is 0 Å². The van der Waals surface area contributed by atoms with Crippen molar-refractivity contribution in [1.29, 1.82) is 0 Å². The van der Waals surface area contributed by atoms with Crippen LogP contribution in [0.5, 0.6) is 0 Å². The average molecular weight is 605 g/mol. The van der Waals surface area contributed by atoms with E-state index in [1.807, 2.05) is 0 Å². The maximum Gasteiger partial charge on any atom is -0.000719 e. The van der Waals surface area contributed by atoms with Crippen molar-refractivity contribution < 1.29 is 0 Å². The lowest BCUT2D eigenvalue weighted by Crippen LogP contribution is -1.93. The zero-order valence-electron chi connectivity index (χ0n) is 26.2. The number of fused-ring (bicyclic) bond motifs is 12. The van der Waals surface area contributed by atoms with E-state index in [9.17, 15) is 0 Å². The molecule has 48 heavy (non-hydrogen) atoms. The summed E-state index contributed by atoms with van der Waals surface area (Å²) in [4.78, 5) is 0. The molecular formula is C48H28. The maximum atomic E-state index is 2.49. The van der Waals surface area contributed by atoms with E-state index in [0.29, 0.717) is 0 Å². The molecule has 0 bridgehead atoms. The zero-order chi connectivity index (χ0) is 31.3. The molecule has 0 heterocycles. The van der Waals surface area contributed by atoms with Crippen LogP contribution in [0.3, 0.4) is 0 Å². The van der Waals surface area contributed by atoms with E-state index >= 15 is 0 Å². The van der Waals surface area contributed by atoms with E-state index < -0.39 is 0 Å². The van der Waals surface area contributed by atoms with E-state index in [2.05, 4.69) is 170 Å². The van der Waals surface area contributed by atoms with Crippen molar-refractivity contribution in [2.24, 2.45) is 0 Å². The Balaban J connectivity index is 1.36. The highest BCUT2D eigenvalue weighted by molar-refractivity contribution is 6.33. The standard InChI is InChI=1S/C48H28/c1-3-14-29(15-4-1)44-36-22-11-12-23-37(36)45(30-16-5-2-6-17-30)48-43-27-31-26-41-34-20-9-7-18-32(34)33-19-8-10-21-35(33)42(41)28-40(31)38-24-13-25-39(46(38)43)47(44)48/h1-28H. The van der Waals surface area contributed by atoms with Crippen LogP contribution in [0.4, 0.5) is 0 Å². The minimum absolute atomic E-state index is 1.25. The zero-order valence-corrected chi connectivity index (χ0v) is 26.2. The van der Waals surface area contributed by atoms with Crippen molar-refractivity contribution in [2.45, 2.75) is 0 Å². The second-order valence-electron chi connectivity index (χ2n) is 13.1. The van der Waals surface area contributed by atoms with Crippen molar-refractivity contribution in [3.63, 3.8) is 0 Å². The number of rotatable bonds is 2. The van der Waals surface area contributed by atoms with Gasteiger partial charge in [-0.25, -0.2) is 0 Å². The molecule has 0 nitrogen and oxygen atoms in total. The summed E-state index contributed by atoms with van der Waals surface area (Å²) in [6.45, 7) is 0. The van der Waals surface area contributed by atoms with Gasteiger partial charge >= 0.3 is 0 Å². The molecule has 0 atom stereocenters. The lowest BCUT2D eigenvalue weighted by atomic mass is 9.82. The fourth-order valence-corrected chi connectivity index (χ4v) is 8.81. The average Bonchev–Trinajstić information content (AvgIpc) is 3.48. The van der Waals surface area contributed by atoms with Crippen LogP contribution in [0, 0.1) is 0 Å². The summed E-state index contributed by atoms with van der Waals surface area (Å²) in [6, 6.07) is 63.2. The fraction of sp³-hybridized carbons (Fsp3) is 0. The molecule has 0 aliphatic heterocycles. The van der Waals surface area contributed by atoms with Gasteiger partial charge in [0.15, 0.2) is 0 Å². The molecule has 0 N–H and O–H groups in total. The van der Waals surface area contributed by atoms with Gasteiger partial charge in [-0.3, -0.25) is 0 Å². The molecule has 0 spiro atoms. The topological polar surface area (TPSA) is 0 Å². The molecule has 10 aromatic carbocycles. The summed E-state index contributed by atoms with van der Waals surface area (Å²) in [5.74, 6) is 0. The highest BCUT2D eigenvalue weighted by atomic mass is 14.3. The summed E-state index contributed by atoms with van der Waals surface area (Å²) in [5.41, 5.74) is 10.5. The molecule has 0 unspecified atom stereocenters. The van der Waals surface area contributed by atoms with Gasteiger partial charge in [-0.05, 0) is 127 Å². The Morgan fingerprint density at radius 1 is 0.229 bits per heavy atom. The molecule has 0 heteroatoms. The highest BCUT2D eigenvalue weighted by Gasteiger charge is 2.31. The van der Waals surface area contributed by atoms with Gasteiger partial charge in [0.1, 0.15) is 0 Å². The molecule has 0 amide bonds. The molecule has 220 valence electrons. The Morgan fingerprint density at radius 2 is 0.667 bits per heavy atom. The van der Waals surface area contributed by atoms with Crippen LogP contribution in [0.2, 0.25) is 0 Å². The lowest BCUT2D eigenvalue weighted by molar-refractivity contribution is 1.62. The first-order valence-corrected chi connectivity index (χ1v) is 16.8. The van der Waals surface area contributed by atoms with Crippen molar-refractivity contribution in [1.82, 2.24) is 0 Å². The van der Waals surface area contributed by atoms with Crippen LogP contribution < -0.4 is 0 Å². The Labute approximate surface area is 278 Å². The van der Waals surface area contributed by atoms with Crippen molar-refractivity contribution >= 4 is 64.6 Å². The van der Waals surface area contributed by atoms with E-state index in [1.165, 1.54) is 109 Å². The van der Waals surface area contributed by atoms with Crippen LogP contribution in [-0.2, 0) is 0 Å². The minimum Gasteiger partial charge on any atom is -0.0622 e. The summed E-state index contributed by atoms with van der Waals surface area (Å²) in [5, 5.41) is 15.7. The summed E-state index contributed by atoms with van der Waals surface area (Å²) in [7, 11) is 0. The Hall–Kier alpha value is -6.24. The van der Waals surface area contributed by atoms with E-state index in [1.54, 1.807) is 0 Å². The van der Waals surface area contributed by atoms with Gasteiger partial charge in [0, 0.05) is 0 Å². The minimum atomic E-state index is 1.25. The smallest absolute Gasteiger partial charge is 0.000719 e. The van der Waals surface area contributed by atoms with Gasteiger partial charge in [-0.1, -0.05) is 152 Å². The van der Waals surface area contributed by atoms with E-state index in [-0.39, 0.29) is 0 Å². The normalized spacial score (nSPS) is 12.2. The predicted octanol–water partition coefficient (Wildman–Crippen LogP) is 13.6. The molecule has 0 fully saturated rings. The second kappa shape index (κ2) is 9.64. The summed E-state index contributed by atoms with van der Waals surface area (Å²) in [6.07, 6.45) is 0. The molecule has 1 aliphatic rings. The van der Waals surface area contributed by atoms with Crippen LogP contribution in [0.25, 0.3) is 109 Å². The quantitative estimate of drug-likeness (QED) is 0.136. The Morgan fingerprint density at radius 3 is 1.23 bits per heavy atom. The van der Waals surface area contributed by atoms with Crippen molar-refractivity contribution in [3.8, 4) is 44.5 Å². The molecule has 1 aliphatic carbocycles. The van der Waals surface area contributed by atoms with Gasteiger partial charge in [0.25, 0.3) is 0 Å². The molecule has 0 radical (unpaired) electrons. The molecule has 11 rings (SSSR count). The number of benzene rings is 10. The molecular weight excluding hydrogens is 577 g/mol. The van der Waals surface area contributed by atoms with Crippen molar-refractivity contribution in [2.75, 3.05) is 0 Å². The molecule has 0 saturated carbocycles. The lowest BCUT2D eigenvalue weighted by Gasteiger charge is -2.20. The van der Waals surface area contributed by atoms with Crippen LogP contribution in [-0.4, -0.2) is 0 Å². The molecule has 0 saturated heterocycles. The van der Waals surface area contributed by atoms with Gasteiger partial charge in [0.05, 0.1) is 0 Å².